The Balaban J connectivity index is 2.82. The monoisotopic (exact) mass is 324 g/mol. The molecule has 106 valence electrons. The standard InChI is InChI=1S/C11H14Cl2N2O3S/c1-7(2)15-11(16)6-14-19(17,18)10-5-8(12)3-4-9(10)13/h3-5,7,14H,6H2,1-2H3,(H,15,16). The third kappa shape index (κ3) is 4.99. The zero-order valence-corrected chi connectivity index (χ0v) is 12.7. The summed E-state index contributed by atoms with van der Waals surface area (Å²) in [6.45, 7) is 3.20. The van der Waals surface area contributed by atoms with E-state index in [1.807, 2.05) is 0 Å². The molecule has 1 rings (SSSR count). The Hall–Kier alpha value is -0.820. The topological polar surface area (TPSA) is 75.3 Å². The number of hydrogen-bond donors (Lipinski definition) is 2. The largest absolute Gasteiger partial charge is 0.353 e. The van der Waals surface area contributed by atoms with Crippen molar-refractivity contribution < 1.29 is 13.2 Å². The van der Waals surface area contributed by atoms with E-state index in [1.54, 1.807) is 13.8 Å². The van der Waals surface area contributed by atoms with Gasteiger partial charge in [0.15, 0.2) is 0 Å². The summed E-state index contributed by atoms with van der Waals surface area (Å²) in [7, 11) is -3.87. The van der Waals surface area contributed by atoms with Gasteiger partial charge in [0, 0.05) is 11.1 Å². The van der Waals surface area contributed by atoms with Crippen LogP contribution in [0.25, 0.3) is 0 Å². The zero-order chi connectivity index (χ0) is 14.6. The first kappa shape index (κ1) is 16.2. The summed E-state index contributed by atoms with van der Waals surface area (Å²) in [5.74, 6) is -0.420. The molecule has 0 aliphatic carbocycles. The lowest BCUT2D eigenvalue weighted by Gasteiger charge is -2.10. The van der Waals surface area contributed by atoms with Gasteiger partial charge in [-0.05, 0) is 32.0 Å². The minimum Gasteiger partial charge on any atom is -0.353 e. The SMILES string of the molecule is CC(C)NC(=O)CNS(=O)(=O)c1cc(Cl)ccc1Cl. The van der Waals surface area contributed by atoms with E-state index in [-0.39, 0.29) is 27.5 Å². The van der Waals surface area contributed by atoms with Crippen molar-refractivity contribution in [1.29, 1.82) is 0 Å². The van der Waals surface area contributed by atoms with Crippen LogP contribution in [0.15, 0.2) is 23.1 Å². The fourth-order valence-electron chi connectivity index (χ4n) is 1.29. The molecule has 1 aromatic rings. The number of rotatable bonds is 5. The fourth-order valence-corrected chi connectivity index (χ4v) is 3.04. The second-order valence-corrected chi connectivity index (χ2v) is 6.70. The fraction of sp³-hybridized carbons (Fsp3) is 0.364. The van der Waals surface area contributed by atoms with Crippen LogP contribution in [0.5, 0.6) is 0 Å². The van der Waals surface area contributed by atoms with E-state index in [1.165, 1.54) is 18.2 Å². The first-order chi connectivity index (χ1) is 8.72. The molecule has 2 N–H and O–H groups in total. The molecule has 1 amide bonds. The van der Waals surface area contributed by atoms with Gasteiger partial charge in [0.1, 0.15) is 4.90 Å². The van der Waals surface area contributed by atoms with Crippen LogP contribution in [0, 0.1) is 0 Å². The van der Waals surface area contributed by atoms with Crippen LogP contribution in [0.2, 0.25) is 10.0 Å². The summed E-state index contributed by atoms with van der Waals surface area (Å²) >= 11 is 11.5. The van der Waals surface area contributed by atoms with Gasteiger partial charge in [-0.15, -0.1) is 0 Å². The summed E-state index contributed by atoms with van der Waals surface area (Å²) in [6, 6.07) is 4.03. The average molecular weight is 325 g/mol. The van der Waals surface area contributed by atoms with Crippen LogP contribution < -0.4 is 10.0 Å². The van der Waals surface area contributed by atoms with Gasteiger partial charge < -0.3 is 5.32 Å². The Kier molecular flexibility index (Phi) is 5.61. The number of carbonyl (C=O) groups is 1. The third-order valence-corrected chi connectivity index (χ3v) is 4.17. The van der Waals surface area contributed by atoms with Crippen molar-refractivity contribution in [1.82, 2.24) is 10.0 Å². The van der Waals surface area contributed by atoms with Gasteiger partial charge >= 0.3 is 0 Å². The van der Waals surface area contributed by atoms with Crippen LogP contribution in [-0.2, 0) is 14.8 Å². The Morgan fingerprint density at radius 1 is 1.32 bits per heavy atom. The highest BCUT2D eigenvalue weighted by molar-refractivity contribution is 7.89. The molecule has 5 nitrogen and oxygen atoms in total. The maximum Gasteiger partial charge on any atom is 0.242 e. The lowest BCUT2D eigenvalue weighted by atomic mass is 10.4. The molecule has 0 heterocycles. The number of carbonyl (C=O) groups excluding carboxylic acids is 1. The number of halogens is 2. The van der Waals surface area contributed by atoms with E-state index >= 15 is 0 Å². The highest BCUT2D eigenvalue weighted by atomic mass is 35.5. The predicted octanol–water partition coefficient (Wildman–Crippen LogP) is 1.80. The molecule has 0 unspecified atom stereocenters. The van der Waals surface area contributed by atoms with E-state index in [9.17, 15) is 13.2 Å². The molecule has 0 aliphatic rings. The smallest absolute Gasteiger partial charge is 0.242 e. The first-order valence-electron chi connectivity index (χ1n) is 5.46. The molecule has 0 bridgehead atoms. The van der Waals surface area contributed by atoms with Crippen LogP contribution in [-0.4, -0.2) is 26.9 Å². The Morgan fingerprint density at radius 2 is 1.95 bits per heavy atom. The average Bonchev–Trinajstić information content (AvgIpc) is 2.29. The van der Waals surface area contributed by atoms with E-state index in [4.69, 9.17) is 23.2 Å². The summed E-state index contributed by atoms with van der Waals surface area (Å²) in [6.07, 6.45) is 0. The highest BCUT2D eigenvalue weighted by Gasteiger charge is 2.19. The lowest BCUT2D eigenvalue weighted by Crippen LogP contribution is -2.39. The van der Waals surface area contributed by atoms with Crippen molar-refractivity contribution in [3.8, 4) is 0 Å². The summed E-state index contributed by atoms with van der Waals surface area (Å²) in [5, 5.41) is 2.86. The number of sulfonamides is 1. The summed E-state index contributed by atoms with van der Waals surface area (Å²) < 4.78 is 26.1. The summed E-state index contributed by atoms with van der Waals surface area (Å²) in [5.41, 5.74) is 0. The Labute approximate surface area is 122 Å². The normalized spacial score (nSPS) is 11.6. The number of benzene rings is 1. The molecule has 0 atom stereocenters. The minimum absolute atomic E-state index is 0.0427. The maximum absolute atomic E-state index is 12.0. The molecule has 0 saturated heterocycles. The molecule has 19 heavy (non-hydrogen) atoms. The number of amides is 1. The molecule has 0 spiro atoms. The van der Waals surface area contributed by atoms with E-state index in [2.05, 4.69) is 10.0 Å². The van der Waals surface area contributed by atoms with Gasteiger partial charge in [0.25, 0.3) is 0 Å². The molecule has 0 fully saturated rings. The van der Waals surface area contributed by atoms with Crippen LogP contribution >= 0.6 is 23.2 Å². The molecule has 1 aromatic carbocycles. The second kappa shape index (κ2) is 6.56. The van der Waals surface area contributed by atoms with Crippen molar-refractivity contribution in [2.45, 2.75) is 24.8 Å². The van der Waals surface area contributed by atoms with Crippen molar-refractivity contribution in [2.24, 2.45) is 0 Å². The lowest BCUT2D eigenvalue weighted by molar-refractivity contribution is -0.120. The van der Waals surface area contributed by atoms with Crippen LogP contribution in [0.4, 0.5) is 0 Å². The van der Waals surface area contributed by atoms with Crippen molar-refractivity contribution >= 4 is 39.1 Å². The Bertz CT molecular complexity index is 573. The van der Waals surface area contributed by atoms with Gasteiger partial charge in [0.05, 0.1) is 11.6 Å². The van der Waals surface area contributed by atoms with Crippen LogP contribution in [0.3, 0.4) is 0 Å². The molecule has 8 heteroatoms. The van der Waals surface area contributed by atoms with Crippen LogP contribution in [0.1, 0.15) is 13.8 Å². The first-order valence-corrected chi connectivity index (χ1v) is 7.70. The number of nitrogens with one attached hydrogen (secondary N) is 2. The third-order valence-electron chi connectivity index (χ3n) is 2.06. The molecule has 0 aromatic heterocycles. The minimum atomic E-state index is -3.87. The zero-order valence-electron chi connectivity index (χ0n) is 10.4. The highest BCUT2D eigenvalue weighted by Crippen LogP contribution is 2.24. The van der Waals surface area contributed by atoms with Crippen molar-refractivity contribution in [2.75, 3.05) is 6.54 Å². The van der Waals surface area contributed by atoms with Crippen molar-refractivity contribution in [3.05, 3.63) is 28.2 Å². The van der Waals surface area contributed by atoms with Gasteiger partial charge in [-0.2, -0.15) is 0 Å². The molecule has 0 saturated carbocycles. The van der Waals surface area contributed by atoms with Gasteiger partial charge in [-0.3, -0.25) is 4.79 Å². The van der Waals surface area contributed by atoms with Gasteiger partial charge in [-0.1, -0.05) is 23.2 Å². The number of hydrogen-bond acceptors (Lipinski definition) is 3. The van der Waals surface area contributed by atoms with Gasteiger partial charge in [-0.25, -0.2) is 13.1 Å². The Morgan fingerprint density at radius 3 is 2.53 bits per heavy atom. The van der Waals surface area contributed by atoms with Crippen molar-refractivity contribution in [3.63, 3.8) is 0 Å². The molecule has 0 aliphatic heterocycles. The summed E-state index contributed by atoms with van der Waals surface area (Å²) in [4.78, 5) is 11.2. The van der Waals surface area contributed by atoms with E-state index in [0.717, 1.165) is 0 Å². The van der Waals surface area contributed by atoms with E-state index in [0.29, 0.717) is 0 Å². The second-order valence-electron chi connectivity index (χ2n) is 4.12. The molecular weight excluding hydrogens is 311 g/mol. The van der Waals surface area contributed by atoms with E-state index < -0.39 is 15.9 Å². The van der Waals surface area contributed by atoms with Gasteiger partial charge in [0.2, 0.25) is 15.9 Å². The molecule has 0 radical (unpaired) electrons. The maximum atomic E-state index is 12.0. The quantitative estimate of drug-likeness (QED) is 0.867. The molecular formula is C11H14Cl2N2O3S. The predicted molar refractivity (Wildman–Crippen MR) is 74.9 cm³/mol.